The van der Waals surface area contributed by atoms with Gasteiger partial charge >= 0.3 is 121 Å². The molecule has 0 unspecified atom stereocenters. The van der Waals surface area contributed by atoms with Crippen LogP contribution in [0.5, 0.6) is 0 Å². The van der Waals surface area contributed by atoms with Gasteiger partial charge in [0, 0.05) is 0 Å². The summed E-state index contributed by atoms with van der Waals surface area (Å²) in [4.78, 5) is 0. The first-order valence-corrected chi connectivity index (χ1v) is 11.5. The van der Waals surface area contributed by atoms with Crippen LogP contribution in [0, 0.1) is 0 Å². The van der Waals surface area contributed by atoms with Crippen molar-refractivity contribution in [2.24, 2.45) is 0 Å². The molecule has 0 atom stereocenters. The summed E-state index contributed by atoms with van der Waals surface area (Å²) in [6, 6.07) is 33.0. The Bertz CT molecular complexity index is 529. The first-order chi connectivity index (χ1) is 9.45. The van der Waals surface area contributed by atoms with Crippen molar-refractivity contribution in [1.82, 2.24) is 0 Å². The molecule has 20 heavy (non-hydrogen) atoms. The molecule has 0 saturated heterocycles. The van der Waals surface area contributed by atoms with Crippen LogP contribution in [-0.2, 0) is 0 Å². The van der Waals surface area contributed by atoms with Gasteiger partial charge in [-0.2, -0.15) is 0 Å². The summed E-state index contributed by atoms with van der Waals surface area (Å²) < 4.78 is 4.63. The molecule has 3 aromatic carbocycles. The Morgan fingerprint density at radius 1 is 0.400 bits per heavy atom. The summed E-state index contributed by atoms with van der Waals surface area (Å²) in [5.74, 6) is 0. The number of halogens is 1. The molecular weight excluding hydrogens is 370 g/mol. The van der Waals surface area contributed by atoms with Crippen molar-refractivity contribution in [3.63, 3.8) is 0 Å². The molecule has 0 fully saturated rings. The molecule has 3 rings (SSSR count). The number of hydrogen-bond acceptors (Lipinski definition) is 0. The van der Waals surface area contributed by atoms with E-state index < -0.39 is 19.8 Å². The molecule has 0 bridgehead atoms. The van der Waals surface area contributed by atoms with Crippen molar-refractivity contribution in [2.75, 3.05) is 0 Å². The third-order valence-electron chi connectivity index (χ3n) is 3.40. The summed E-state index contributed by atoms with van der Waals surface area (Å²) in [7, 11) is 0. The molecule has 0 nitrogen and oxygen atoms in total. The van der Waals surface area contributed by atoms with Gasteiger partial charge in [-0.1, -0.05) is 0 Å². The topological polar surface area (TPSA) is 0 Å². The summed E-state index contributed by atoms with van der Waals surface area (Å²) in [6.45, 7) is 0. The van der Waals surface area contributed by atoms with Crippen molar-refractivity contribution in [1.29, 1.82) is 0 Å². The van der Waals surface area contributed by atoms with E-state index in [1.54, 1.807) is 10.7 Å². The van der Waals surface area contributed by atoms with E-state index in [9.17, 15) is 0 Å². The van der Waals surface area contributed by atoms with Crippen LogP contribution in [0.25, 0.3) is 0 Å². The molecule has 2 heteroatoms. The Hall–Kier alpha value is -1.25. The van der Waals surface area contributed by atoms with Gasteiger partial charge in [-0.25, -0.2) is 0 Å². The third-order valence-corrected chi connectivity index (χ3v) is 12.4. The SMILES string of the molecule is Cl.c1cc[c]([SnH]([c]2ccccc2)[c]2ccccc2)cc1. The number of hydrogen-bond donors (Lipinski definition) is 0. The van der Waals surface area contributed by atoms with Crippen LogP contribution in [0.1, 0.15) is 0 Å². The molecule has 0 saturated carbocycles. The standard InChI is InChI=1S/3C6H5.ClH.Sn.H/c3*1-2-4-6-5-3-1;;;/h3*1-5H;1H;;. The van der Waals surface area contributed by atoms with E-state index in [0.717, 1.165) is 0 Å². The Balaban J connectivity index is 0.00000147. The molecule has 0 radical (unpaired) electrons. The van der Waals surface area contributed by atoms with E-state index in [1.165, 1.54) is 0 Å². The van der Waals surface area contributed by atoms with Crippen molar-refractivity contribution < 1.29 is 0 Å². The zero-order valence-electron chi connectivity index (χ0n) is 11.1. The summed E-state index contributed by atoms with van der Waals surface area (Å²) in [5.41, 5.74) is 0. The second kappa shape index (κ2) is 7.51. The number of benzene rings is 3. The van der Waals surface area contributed by atoms with E-state index in [0.29, 0.717) is 0 Å². The molecular formula is C18H17ClSn. The molecule has 0 heterocycles. The van der Waals surface area contributed by atoms with Gasteiger partial charge in [-0.3, -0.25) is 0 Å². The van der Waals surface area contributed by atoms with Gasteiger partial charge in [0.05, 0.1) is 0 Å². The van der Waals surface area contributed by atoms with Crippen LogP contribution in [0.15, 0.2) is 91.0 Å². The predicted octanol–water partition coefficient (Wildman–Crippen LogP) is 2.36. The molecule has 0 aliphatic rings. The summed E-state index contributed by atoms with van der Waals surface area (Å²) >= 11 is -2.14. The Morgan fingerprint density at radius 2 is 0.650 bits per heavy atom. The van der Waals surface area contributed by atoms with Gasteiger partial charge in [0.25, 0.3) is 0 Å². The zero-order valence-corrected chi connectivity index (χ0v) is 15.3. The van der Waals surface area contributed by atoms with Crippen molar-refractivity contribution in [3.8, 4) is 0 Å². The zero-order chi connectivity index (χ0) is 12.9. The Kier molecular flexibility index (Phi) is 5.69. The molecule has 0 N–H and O–H groups in total. The fraction of sp³-hybridized carbons (Fsp3) is 0. The van der Waals surface area contributed by atoms with Gasteiger partial charge in [-0.05, 0) is 0 Å². The first-order valence-electron chi connectivity index (χ1n) is 6.60. The summed E-state index contributed by atoms with van der Waals surface area (Å²) in [6.07, 6.45) is 0. The van der Waals surface area contributed by atoms with E-state index in [-0.39, 0.29) is 12.4 Å². The fourth-order valence-corrected chi connectivity index (χ4v) is 11.0. The minimum absolute atomic E-state index is 0. The van der Waals surface area contributed by atoms with Crippen LogP contribution in [0.2, 0.25) is 0 Å². The molecule has 3 aromatic rings. The maximum atomic E-state index is 2.29. The maximum absolute atomic E-state index is 2.29. The summed E-state index contributed by atoms with van der Waals surface area (Å²) in [5, 5.41) is 0. The molecule has 0 amide bonds. The third kappa shape index (κ3) is 3.44. The van der Waals surface area contributed by atoms with E-state index >= 15 is 0 Å². The average Bonchev–Trinajstić information content (AvgIpc) is 2.51. The molecule has 0 aromatic heterocycles. The van der Waals surface area contributed by atoms with Crippen LogP contribution in [0.3, 0.4) is 0 Å². The molecule has 0 aliphatic heterocycles. The van der Waals surface area contributed by atoms with E-state index in [2.05, 4.69) is 91.0 Å². The van der Waals surface area contributed by atoms with Crippen molar-refractivity contribution >= 4 is 42.9 Å². The van der Waals surface area contributed by atoms with Crippen LogP contribution in [-0.4, -0.2) is 19.8 Å². The van der Waals surface area contributed by atoms with Gasteiger partial charge in [0.2, 0.25) is 0 Å². The minimum atomic E-state index is -2.14. The predicted molar refractivity (Wildman–Crippen MR) is 92.6 cm³/mol. The first kappa shape index (κ1) is 15.1. The average molecular weight is 387 g/mol. The van der Waals surface area contributed by atoms with Crippen LogP contribution >= 0.6 is 12.4 Å². The van der Waals surface area contributed by atoms with Crippen LogP contribution in [0.4, 0.5) is 0 Å². The Labute approximate surface area is 133 Å². The van der Waals surface area contributed by atoms with Gasteiger partial charge in [0.15, 0.2) is 0 Å². The Morgan fingerprint density at radius 3 is 0.900 bits per heavy atom. The number of rotatable bonds is 3. The second-order valence-corrected chi connectivity index (χ2v) is 12.8. The quantitative estimate of drug-likeness (QED) is 0.606. The molecule has 100 valence electrons. The van der Waals surface area contributed by atoms with Gasteiger partial charge in [-0.15, -0.1) is 12.4 Å². The molecule has 0 aliphatic carbocycles. The monoisotopic (exact) mass is 388 g/mol. The van der Waals surface area contributed by atoms with Crippen molar-refractivity contribution in [3.05, 3.63) is 91.0 Å². The van der Waals surface area contributed by atoms with Gasteiger partial charge < -0.3 is 0 Å². The van der Waals surface area contributed by atoms with Crippen molar-refractivity contribution in [2.45, 2.75) is 0 Å². The van der Waals surface area contributed by atoms with E-state index in [4.69, 9.17) is 0 Å². The normalized spacial score (nSPS) is 10.1. The van der Waals surface area contributed by atoms with E-state index in [1.807, 2.05) is 0 Å². The molecule has 0 spiro atoms. The fourth-order valence-electron chi connectivity index (χ4n) is 2.51. The van der Waals surface area contributed by atoms with Crippen LogP contribution < -0.4 is 10.7 Å². The van der Waals surface area contributed by atoms with Gasteiger partial charge in [0.1, 0.15) is 0 Å². The second-order valence-electron chi connectivity index (χ2n) is 4.67.